The van der Waals surface area contributed by atoms with Gasteiger partial charge in [0.1, 0.15) is 12.4 Å². The summed E-state index contributed by atoms with van der Waals surface area (Å²) in [5, 5.41) is 0. The Morgan fingerprint density at radius 2 is 2.05 bits per heavy atom. The molecule has 0 aliphatic heterocycles. The maximum absolute atomic E-state index is 12.7. The zero-order chi connectivity index (χ0) is 15.5. The average Bonchev–Trinajstić information content (AvgIpc) is 2.76. The Bertz CT molecular complexity index is 608. The predicted molar refractivity (Wildman–Crippen MR) is 71.9 cm³/mol. The summed E-state index contributed by atoms with van der Waals surface area (Å²) in [7, 11) is 1.52. The zero-order valence-corrected chi connectivity index (χ0v) is 11.9. The zero-order valence-electron chi connectivity index (χ0n) is 11.9. The summed E-state index contributed by atoms with van der Waals surface area (Å²) in [5.74, 6) is 0.589. The number of hydrogen-bond acceptors (Lipinski definition) is 3. The van der Waals surface area contributed by atoms with E-state index in [0.29, 0.717) is 36.6 Å². The summed E-state index contributed by atoms with van der Waals surface area (Å²) in [6.45, 7) is 3.71. The van der Waals surface area contributed by atoms with Crippen LogP contribution in [0.1, 0.15) is 18.3 Å². The summed E-state index contributed by atoms with van der Waals surface area (Å²) >= 11 is 0. The van der Waals surface area contributed by atoms with E-state index in [-0.39, 0.29) is 6.61 Å². The highest BCUT2D eigenvalue weighted by molar-refractivity contribution is 5.77. The van der Waals surface area contributed by atoms with Gasteiger partial charge in [0.05, 0.1) is 23.2 Å². The molecule has 0 radical (unpaired) electrons. The lowest BCUT2D eigenvalue weighted by molar-refractivity contribution is -0.137. The summed E-state index contributed by atoms with van der Waals surface area (Å²) in [5.41, 5.74) is 0.261. The molecule has 0 amide bonds. The number of fused-ring (bicyclic) bond motifs is 1. The minimum atomic E-state index is -4.37. The second-order valence-corrected chi connectivity index (χ2v) is 4.51. The second-order valence-electron chi connectivity index (χ2n) is 4.51. The molecule has 0 fully saturated rings. The van der Waals surface area contributed by atoms with Crippen LogP contribution in [0.4, 0.5) is 13.2 Å². The molecular weight excluding hydrogens is 285 g/mol. The lowest BCUT2D eigenvalue weighted by atomic mass is 10.2. The standard InChI is InChI=1S/C14H17F3N2O2/c1-3-21-7-6-19-12-5-4-10(14(15,16)17)8-11(12)18-13(19)9-20-2/h4-5,8H,3,6-7,9H2,1-2H3. The van der Waals surface area contributed by atoms with Gasteiger partial charge in [0.25, 0.3) is 0 Å². The van der Waals surface area contributed by atoms with Crippen molar-refractivity contribution in [3.63, 3.8) is 0 Å². The van der Waals surface area contributed by atoms with E-state index in [4.69, 9.17) is 9.47 Å². The fourth-order valence-electron chi connectivity index (χ4n) is 2.14. The highest BCUT2D eigenvalue weighted by Crippen LogP contribution is 2.31. The average molecular weight is 302 g/mol. The van der Waals surface area contributed by atoms with Gasteiger partial charge in [0.15, 0.2) is 0 Å². The Hall–Kier alpha value is -1.60. The largest absolute Gasteiger partial charge is 0.416 e. The third-order valence-corrected chi connectivity index (χ3v) is 3.09. The van der Waals surface area contributed by atoms with Crippen LogP contribution in [-0.2, 0) is 28.8 Å². The number of alkyl halides is 3. The van der Waals surface area contributed by atoms with Crippen molar-refractivity contribution in [2.75, 3.05) is 20.3 Å². The minimum absolute atomic E-state index is 0.238. The van der Waals surface area contributed by atoms with Crippen molar-refractivity contribution in [3.8, 4) is 0 Å². The lowest BCUT2D eigenvalue weighted by Gasteiger charge is -2.09. The number of benzene rings is 1. The van der Waals surface area contributed by atoms with Crippen molar-refractivity contribution >= 4 is 11.0 Å². The highest BCUT2D eigenvalue weighted by atomic mass is 19.4. The fraction of sp³-hybridized carbons (Fsp3) is 0.500. The number of rotatable bonds is 6. The van der Waals surface area contributed by atoms with Gasteiger partial charge in [0.2, 0.25) is 0 Å². The summed E-state index contributed by atoms with van der Waals surface area (Å²) in [6, 6.07) is 3.57. The predicted octanol–water partition coefficient (Wildman–Crippen LogP) is 3.24. The molecule has 0 unspecified atom stereocenters. The van der Waals surface area contributed by atoms with Gasteiger partial charge in [-0.25, -0.2) is 4.98 Å². The first kappa shape index (κ1) is 15.8. The number of hydrogen-bond donors (Lipinski definition) is 0. The Morgan fingerprint density at radius 1 is 1.29 bits per heavy atom. The molecule has 1 heterocycles. The van der Waals surface area contributed by atoms with Crippen LogP contribution in [0, 0.1) is 0 Å². The summed E-state index contributed by atoms with van der Waals surface area (Å²) in [6.07, 6.45) is -4.37. The van der Waals surface area contributed by atoms with Crippen LogP contribution in [0.25, 0.3) is 11.0 Å². The molecule has 4 nitrogen and oxygen atoms in total. The van der Waals surface area contributed by atoms with E-state index >= 15 is 0 Å². The third kappa shape index (κ3) is 3.54. The van der Waals surface area contributed by atoms with Crippen LogP contribution in [0.2, 0.25) is 0 Å². The molecule has 2 rings (SSSR count). The molecule has 0 atom stereocenters. The van der Waals surface area contributed by atoms with Crippen molar-refractivity contribution in [1.82, 2.24) is 9.55 Å². The second kappa shape index (κ2) is 6.44. The van der Waals surface area contributed by atoms with Gasteiger partial charge < -0.3 is 14.0 Å². The number of methoxy groups -OCH3 is 1. The van der Waals surface area contributed by atoms with Crippen LogP contribution in [-0.4, -0.2) is 29.9 Å². The number of imidazole rings is 1. The maximum atomic E-state index is 12.7. The van der Waals surface area contributed by atoms with Crippen molar-refractivity contribution < 1.29 is 22.6 Å². The van der Waals surface area contributed by atoms with E-state index < -0.39 is 11.7 Å². The van der Waals surface area contributed by atoms with Gasteiger partial charge >= 0.3 is 6.18 Å². The van der Waals surface area contributed by atoms with Crippen LogP contribution in [0.3, 0.4) is 0 Å². The molecule has 0 aliphatic carbocycles. The normalized spacial score (nSPS) is 12.2. The Labute approximate surface area is 120 Å². The maximum Gasteiger partial charge on any atom is 0.416 e. The quantitative estimate of drug-likeness (QED) is 0.769. The van der Waals surface area contributed by atoms with Crippen LogP contribution in [0.5, 0.6) is 0 Å². The van der Waals surface area contributed by atoms with Gasteiger partial charge in [-0.2, -0.15) is 13.2 Å². The Kier molecular flexibility index (Phi) is 4.84. The Balaban J connectivity index is 2.41. The molecule has 2 aromatic rings. The minimum Gasteiger partial charge on any atom is -0.380 e. The molecule has 0 saturated carbocycles. The highest BCUT2D eigenvalue weighted by Gasteiger charge is 2.31. The Morgan fingerprint density at radius 3 is 2.67 bits per heavy atom. The molecule has 0 N–H and O–H groups in total. The van der Waals surface area contributed by atoms with Gasteiger partial charge in [-0.3, -0.25) is 0 Å². The number of aromatic nitrogens is 2. The molecule has 116 valence electrons. The van der Waals surface area contributed by atoms with Crippen LogP contribution < -0.4 is 0 Å². The molecule has 7 heteroatoms. The first-order valence-corrected chi connectivity index (χ1v) is 6.60. The van der Waals surface area contributed by atoms with E-state index in [1.807, 2.05) is 11.5 Å². The van der Waals surface area contributed by atoms with Gasteiger partial charge in [-0.1, -0.05) is 0 Å². The van der Waals surface area contributed by atoms with Crippen LogP contribution >= 0.6 is 0 Å². The monoisotopic (exact) mass is 302 g/mol. The number of nitrogens with zero attached hydrogens (tertiary/aromatic N) is 2. The molecule has 0 aliphatic rings. The van der Waals surface area contributed by atoms with Crippen molar-refractivity contribution in [1.29, 1.82) is 0 Å². The molecule has 1 aromatic heterocycles. The fourth-order valence-corrected chi connectivity index (χ4v) is 2.14. The first-order valence-electron chi connectivity index (χ1n) is 6.60. The van der Waals surface area contributed by atoms with E-state index in [1.54, 1.807) is 0 Å². The number of ether oxygens (including phenoxy) is 2. The van der Waals surface area contributed by atoms with Crippen molar-refractivity contribution in [3.05, 3.63) is 29.6 Å². The topological polar surface area (TPSA) is 36.3 Å². The van der Waals surface area contributed by atoms with E-state index in [2.05, 4.69) is 4.98 Å². The first-order chi connectivity index (χ1) is 9.97. The van der Waals surface area contributed by atoms with Gasteiger partial charge in [-0.05, 0) is 25.1 Å². The molecule has 21 heavy (non-hydrogen) atoms. The molecule has 0 bridgehead atoms. The molecule has 1 aromatic carbocycles. The van der Waals surface area contributed by atoms with E-state index in [1.165, 1.54) is 13.2 Å². The molecular formula is C14H17F3N2O2. The summed E-state index contributed by atoms with van der Waals surface area (Å²) in [4.78, 5) is 4.24. The van der Waals surface area contributed by atoms with E-state index in [9.17, 15) is 13.2 Å². The van der Waals surface area contributed by atoms with Gasteiger partial charge in [-0.15, -0.1) is 0 Å². The van der Waals surface area contributed by atoms with Crippen LogP contribution in [0.15, 0.2) is 18.2 Å². The lowest BCUT2D eigenvalue weighted by Crippen LogP contribution is -2.10. The van der Waals surface area contributed by atoms with Crippen molar-refractivity contribution in [2.45, 2.75) is 26.3 Å². The van der Waals surface area contributed by atoms with Gasteiger partial charge in [0, 0.05) is 20.3 Å². The van der Waals surface area contributed by atoms with E-state index in [0.717, 1.165) is 12.1 Å². The SMILES string of the molecule is CCOCCn1c(COC)nc2cc(C(F)(F)F)ccc21. The molecule has 0 saturated heterocycles. The van der Waals surface area contributed by atoms with Crippen molar-refractivity contribution in [2.24, 2.45) is 0 Å². The number of halogens is 3. The smallest absolute Gasteiger partial charge is 0.380 e. The third-order valence-electron chi connectivity index (χ3n) is 3.09. The summed E-state index contributed by atoms with van der Waals surface area (Å²) < 4.78 is 50.4. The molecule has 0 spiro atoms.